The van der Waals surface area contributed by atoms with Crippen LogP contribution in [-0.4, -0.2) is 12.5 Å². The number of nitrogens with one attached hydrogen (secondary N) is 2. The van der Waals surface area contributed by atoms with Gasteiger partial charge in [0.2, 0.25) is 5.91 Å². The van der Waals surface area contributed by atoms with Gasteiger partial charge in [0, 0.05) is 18.7 Å². The minimum absolute atomic E-state index is 0.0598. The van der Waals surface area contributed by atoms with E-state index in [2.05, 4.69) is 31.4 Å². The Morgan fingerprint density at radius 3 is 2.15 bits per heavy atom. The minimum Gasteiger partial charge on any atom is -0.385 e. The highest BCUT2D eigenvalue weighted by molar-refractivity contribution is 5.91. The van der Waals surface area contributed by atoms with Gasteiger partial charge >= 0.3 is 6.18 Å². The molecule has 0 atom stereocenters. The standard InChI is InChI=1S/C20H23F3N2O/c1-19(2,3)14-8-10-15(11-9-14)24-13-12-18(26)25-17-7-5-4-6-16(17)20(21,22)23/h4-11,24H,12-13H2,1-3H3,(H,25,26). The number of halogens is 3. The normalized spacial score (nSPS) is 11.9. The van der Waals surface area contributed by atoms with Crippen LogP contribution in [0.5, 0.6) is 0 Å². The summed E-state index contributed by atoms with van der Waals surface area (Å²) in [5.74, 6) is -0.472. The number of anilines is 2. The molecule has 3 nitrogen and oxygen atoms in total. The molecule has 2 N–H and O–H groups in total. The van der Waals surface area contributed by atoms with Gasteiger partial charge in [-0.1, -0.05) is 45.0 Å². The summed E-state index contributed by atoms with van der Waals surface area (Å²) in [7, 11) is 0. The van der Waals surface area contributed by atoms with Crippen molar-refractivity contribution in [3.8, 4) is 0 Å². The summed E-state index contributed by atoms with van der Waals surface area (Å²) in [6.07, 6.45) is -4.44. The first-order valence-corrected chi connectivity index (χ1v) is 8.38. The molecule has 0 aliphatic rings. The molecule has 0 unspecified atom stereocenters. The molecule has 0 radical (unpaired) electrons. The number of alkyl halides is 3. The number of para-hydroxylation sites is 1. The van der Waals surface area contributed by atoms with Crippen LogP contribution in [0.4, 0.5) is 24.5 Å². The number of hydrogen-bond donors (Lipinski definition) is 2. The average molecular weight is 364 g/mol. The quantitative estimate of drug-likeness (QED) is 0.741. The Kier molecular flexibility index (Phi) is 5.95. The van der Waals surface area contributed by atoms with Gasteiger partial charge in [-0.3, -0.25) is 4.79 Å². The van der Waals surface area contributed by atoms with Crippen molar-refractivity contribution in [1.29, 1.82) is 0 Å². The monoisotopic (exact) mass is 364 g/mol. The molecular weight excluding hydrogens is 341 g/mol. The SMILES string of the molecule is CC(C)(C)c1ccc(NCCC(=O)Nc2ccccc2C(F)(F)F)cc1. The Hall–Kier alpha value is -2.50. The number of hydrogen-bond acceptors (Lipinski definition) is 2. The van der Waals surface area contributed by atoms with Crippen molar-refractivity contribution in [3.05, 3.63) is 59.7 Å². The van der Waals surface area contributed by atoms with E-state index < -0.39 is 17.6 Å². The van der Waals surface area contributed by atoms with Gasteiger partial charge in [0.25, 0.3) is 0 Å². The Morgan fingerprint density at radius 1 is 0.962 bits per heavy atom. The second-order valence-corrected chi connectivity index (χ2v) is 7.10. The van der Waals surface area contributed by atoms with E-state index in [1.54, 1.807) is 0 Å². The van der Waals surface area contributed by atoms with Crippen LogP contribution in [-0.2, 0) is 16.4 Å². The molecule has 0 aliphatic carbocycles. The van der Waals surface area contributed by atoms with E-state index in [1.807, 2.05) is 24.3 Å². The molecule has 26 heavy (non-hydrogen) atoms. The van der Waals surface area contributed by atoms with E-state index in [-0.39, 0.29) is 17.5 Å². The van der Waals surface area contributed by atoms with Gasteiger partial charge in [0.05, 0.1) is 11.3 Å². The van der Waals surface area contributed by atoms with Crippen molar-refractivity contribution in [2.75, 3.05) is 17.2 Å². The van der Waals surface area contributed by atoms with Crippen molar-refractivity contribution < 1.29 is 18.0 Å². The molecule has 0 aromatic heterocycles. The molecule has 140 valence electrons. The van der Waals surface area contributed by atoms with Crippen LogP contribution in [0, 0.1) is 0 Å². The number of amides is 1. The van der Waals surface area contributed by atoms with Crippen LogP contribution < -0.4 is 10.6 Å². The highest BCUT2D eigenvalue weighted by Gasteiger charge is 2.33. The predicted octanol–water partition coefficient (Wildman–Crippen LogP) is 5.44. The van der Waals surface area contributed by atoms with E-state index in [9.17, 15) is 18.0 Å². The molecule has 0 saturated carbocycles. The molecule has 2 aromatic rings. The Bertz CT molecular complexity index is 747. The first-order valence-electron chi connectivity index (χ1n) is 8.38. The maximum absolute atomic E-state index is 12.9. The van der Waals surface area contributed by atoms with E-state index >= 15 is 0 Å². The molecule has 6 heteroatoms. The summed E-state index contributed by atoms with van der Waals surface area (Å²) >= 11 is 0. The second kappa shape index (κ2) is 7.81. The van der Waals surface area contributed by atoms with Gasteiger partial charge in [-0.2, -0.15) is 13.2 Å². The lowest BCUT2D eigenvalue weighted by molar-refractivity contribution is -0.137. The van der Waals surface area contributed by atoms with E-state index in [1.165, 1.54) is 23.8 Å². The van der Waals surface area contributed by atoms with Crippen LogP contribution in [0.3, 0.4) is 0 Å². The van der Waals surface area contributed by atoms with Crippen molar-refractivity contribution in [2.45, 2.75) is 38.8 Å². The van der Waals surface area contributed by atoms with Crippen molar-refractivity contribution in [1.82, 2.24) is 0 Å². The van der Waals surface area contributed by atoms with Crippen molar-refractivity contribution in [3.63, 3.8) is 0 Å². The molecule has 0 saturated heterocycles. The first kappa shape index (κ1) is 19.8. The van der Waals surface area contributed by atoms with Crippen LogP contribution >= 0.6 is 0 Å². The van der Waals surface area contributed by atoms with E-state index in [4.69, 9.17) is 0 Å². The molecule has 2 rings (SSSR count). The van der Waals surface area contributed by atoms with Gasteiger partial charge < -0.3 is 10.6 Å². The highest BCUT2D eigenvalue weighted by atomic mass is 19.4. The van der Waals surface area contributed by atoms with Crippen molar-refractivity contribution >= 4 is 17.3 Å². The summed E-state index contributed by atoms with van der Waals surface area (Å²) in [6.45, 7) is 6.70. The molecule has 1 amide bonds. The number of carbonyl (C=O) groups is 1. The maximum Gasteiger partial charge on any atom is 0.418 e. The zero-order valence-electron chi connectivity index (χ0n) is 15.1. The van der Waals surface area contributed by atoms with Crippen LogP contribution in [0.2, 0.25) is 0 Å². The summed E-state index contributed by atoms with van der Waals surface area (Å²) in [4.78, 5) is 11.9. The zero-order chi connectivity index (χ0) is 19.4. The Labute approximate surface area is 151 Å². The number of benzene rings is 2. The summed E-state index contributed by atoms with van der Waals surface area (Å²) in [5, 5.41) is 5.44. The van der Waals surface area contributed by atoms with Gasteiger partial charge in [0.1, 0.15) is 0 Å². The largest absolute Gasteiger partial charge is 0.418 e. The maximum atomic E-state index is 12.9. The lowest BCUT2D eigenvalue weighted by Gasteiger charge is -2.19. The zero-order valence-corrected chi connectivity index (χ0v) is 15.1. The smallest absolute Gasteiger partial charge is 0.385 e. The average Bonchev–Trinajstić information content (AvgIpc) is 2.54. The molecule has 0 fully saturated rings. The fraction of sp³-hybridized carbons (Fsp3) is 0.350. The number of carbonyl (C=O) groups excluding carboxylic acids is 1. The van der Waals surface area contributed by atoms with Gasteiger partial charge in [-0.05, 0) is 35.2 Å². The highest BCUT2D eigenvalue weighted by Crippen LogP contribution is 2.34. The van der Waals surface area contributed by atoms with Gasteiger partial charge in [0.15, 0.2) is 0 Å². The fourth-order valence-corrected chi connectivity index (χ4v) is 2.46. The third-order valence-corrected chi connectivity index (χ3v) is 3.94. The summed E-state index contributed by atoms with van der Waals surface area (Å²) in [6, 6.07) is 12.8. The Balaban J connectivity index is 1.88. The topological polar surface area (TPSA) is 41.1 Å². The summed E-state index contributed by atoms with van der Waals surface area (Å²) in [5.41, 5.74) is 1.05. The second-order valence-electron chi connectivity index (χ2n) is 7.10. The summed E-state index contributed by atoms with van der Waals surface area (Å²) < 4.78 is 38.8. The van der Waals surface area contributed by atoms with Crippen molar-refractivity contribution in [2.24, 2.45) is 0 Å². The molecule has 2 aromatic carbocycles. The van der Waals surface area contributed by atoms with Crippen LogP contribution in [0.25, 0.3) is 0 Å². The third kappa shape index (κ3) is 5.51. The minimum atomic E-state index is -4.50. The van der Waals surface area contributed by atoms with Crippen LogP contribution in [0.15, 0.2) is 48.5 Å². The van der Waals surface area contributed by atoms with Gasteiger partial charge in [-0.25, -0.2) is 0 Å². The van der Waals surface area contributed by atoms with Gasteiger partial charge in [-0.15, -0.1) is 0 Å². The lowest BCUT2D eigenvalue weighted by Crippen LogP contribution is -2.19. The van der Waals surface area contributed by atoms with E-state index in [0.29, 0.717) is 6.54 Å². The molecule has 0 aliphatic heterocycles. The predicted molar refractivity (Wildman–Crippen MR) is 98.3 cm³/mol. The molecule has 0 bridgehead atoms. The Morgan fingerprint density at radius 2 is 1.58 bits per heavy atom. The third-order valence-electron chi connectivity index (χ3n) is 3.94. The number of rotatable bonds is 5. The fourth-order valence-electron chi connectivity index (χ4n) is 2.46. The lowest BCUT2D eigenvalue weighted by atomic mass is 9.87. The molecule has 0 spiro atoms. The van der Waals surface area contributed by atoms with E-state index in [0.717, 1.165) is 11.8 Å². The molecule has 0 heterocycles. The first-order chi connectivity index (χ1) is 12.1. The molecular formula is C20H23F3N2O. The van der Waals surface area contributed by atoms with Crippen LogP contribution in [0.1, 0.15) is 38.3 Å².